The van der Waals surface area contributed by atoms with Crippen molar-refractivity contribution in [3.8, 4) is 5.75 Å². The second-order valence-electron chi connectivity index (χ2n) is 4.08. The summed E-state index contributed by atoms with van der Waals surface area (Å²) in [5, 5.41) is 10.2. The molecule has 1 N–H and O–H groups in total. The summed E-state index contributed by atoms with van der Waals surface area (Å²) in [7, 11) is 0. The lowest BCUT2D eigenvalue weighted by Gasteiger charge is -2.19. The van der Waals surface area contributed by atoms with Gasteiger partial charge in [0.05, 0.1) is 19.5 Å². The van der Waals surface area contributed by atoms with Gasteiger partial charge in [0.25, 0.3) is 0 Å². The van der Waals surface area contributed by atoms with Crippen molar-refractivity contribution >= 4 is 0 Å². The molecule has 0 aromatic heterocycles. The third kappa shape index (κ3) is 3.01. The van der Waals surface area contributed by atoms with E-state index in [-0.39, 0.29) is 0 Å². The van der Waals surface area contributed by atoms with Gasteiger partial charge in [0, 0.05) is 0 Å². The lowest BCUT2D eigenvalue weighted by atomic mass is 9.98. The molecule has 0 aliphatic carbocycles. The van der Waals surface area contributed by atoms with Crippen LogP contribution in [-0.2, 0) is 4.74 Å². The molecule has 1 heterocycles. The van der Waals surface area contributed by atoms with Crippen molar-refractivity contribution in [2.45, 2.75) is 25.9 Å². The van der Waals surface area contributed by atoms with Crippen LogP contribution in [0.15, 0.2) is 36.1 Å². The van der Waals surface area contributed by atoms with E-state index in [1.807, 2.05) is 31.2 Å². The van der Waals surface area contributed by atoms with Crippen molar-refractivity contribution in [1.82, 2.24) is 0 Å². The Hall–Kier alpha value is -1.48. The molecule has 0 spiro atoms. The predicted molar refractivity (Wildman–Crippen MR) is 65.8 cm³/mol. The van der Waals surface area contributed by atoms with Gasteiger partial charge in [-0.2, -0.15) is 0 Å². The van der Waals surface area contributed by atoms with Crippen LogP contribution in [0.2, 0.25) is 0 Å². The van der Waals surface area contributed by atoms with Gasteiger partial charge in [-0.1, -0.05) is 12.1 Å². The fraction of sp³-hybridized carbons (Fsp3) is 0.429. The van der Waals surface area contributed by atoms with Crippen molar-refractivity contribution in [2.75, 3.05) is 13.2 Å². The Labute approximate surface area is 102 Å². The monoisotopic (exact) mass is 234 g/mol. The molecule has 1 aromatic carbocycles. The van der Waals surface area contributed by atoms with Gasteiger partial charge >= 0.3 is 0 Å². The fourth-order valence-electron chi connectivity index (χ4n) is 1.94. The Balaban J connectivity index is 2.15. The Morgan fingerprint density at radius 2 is 2.35 bits per heavy atom. The van der Waals surface area contributed by atoms with Crippen LogP contribution in [0.3, 0.4) is 0 Å². The summed E-state index contributed by atoms with van der Waals surface area (Å²) in [4.78, 5) is 0. The van der Waals surface area contributed by atoms with Crippen LogP contribution < -0.4 is 4.74 Å². The minimum atomic E-state index is -0.587. The molecule has 1 unspecified atom stereocenters. The summed E-state index contributed by atoms with van der Waals surface area (Å²) >= 11 is 0. The third-order valence-corrected chi connectivity index (χ3v) is 2.80. The average molecular weight is 234 g/mol. The van der Waals surface area contributed by atoms with Crippen molar-refractivity contribution in [3.63, 3.8) is 0 Å². The van der Waals surface area contributed by atoms with Crippen LogP contribution in [0.5, 0.6) is 5.75 Å². The Morgan fingerprint density at radius 1 is 1.47 bits per heavy atom. The van der Waals surface area contributed by atoms with Gasteiger partial charge in [-0.15, -0.1) is 0 Å². The van der Waals surface area contributed by atoms with Crippen LogP contribution in [-0.4, -0.2) is 18.3 Å². The van der Waals surface area contributed by atoms with Crippen LogP contribution in [0, 0.1) is 0 Å². The first-order valence-electron chi connectivity index (χ1n) is 6.02. The first kappa shape index (κ1) is 12.0. The molecule has 0 amide bonds. The minimum Gasteiger partial charge on any atom is -0.501 e. The predicted octanol–water partition coefficient (Wildman–Crippen LogP) is 2.81. The second-order valence-corrected chi connectivity index (χ2v) is 4.08. The number of rotatable bonds is 4. The van der Waals surface area contributed by atoms with Crippen molar-refractivity contribution in [3.05, 3.63) is 41.7 Å². The summed E-state index contributed by atoms with van der Waals surface area (Å²) in [6.07, 6.45) is 2.95. The van der Waals surface area contributed by atoms with E-state index in [9.17, 15) is 5.11 Å². The molecule has 0 fully saturated rings. The van der Waals surface area contributed by atoms with E-state index in [4.69, 9.17) is 9.47 Å². The van der Waals surface area contributed by atoms with Crippen molar-refractivity contribution < 1.29 is 14.6 Å². The van der Waals surface area contributed by atoms with Crippen LogP contribution in [0.4, 0.5) is 0 Å². The molecular weight excluding hydrogens is 216 g/mol. The standard InChI is InChI=1S/C14H18O3/c1-2-17-13-7-3-5-11(9-13)14(15)12-6-4-8-16-10-12/h3,5,7,9-10,14-15H,2,4,6,8H2,1H3. The zero-order valence-corrected chi connectivity index (χ0v) is 10.1. The summed E-state index contributed by atoms with van der Waals surface area (Å²) in [6, 6.07) is 7.57. The molecule has 17 heavy (non-hydrogen) atoms. The number of aliphatic hydroxyl groups excluding tert-OH is 1. The van der Waals surface area contributed by atoms with Gasteiger partial charge in [0.1, 0.15) is 11.9 Å². The number of benzene rings is 1. The molecule has 0 saturated carbocycles. The molecule has 2 rings (SSSR count). The molecule has 1 atom stereocenters. The van der Waals surface area contributed by atoms with Gasteiger partial charge in [0.2, 0.25) is 0 Å². The largest absolute Gasteiger partial charge is 0.501 e. The first-order valence-corrected chi connectivity index (χ1v) is 6.02. The average Bonchev–Trinajstić information content (AvgIpc) is 2.40. The Bertz CT molecular complexity index is 398. The number of ether oxygens (including phenoxy) is 2. The molecule has 1 aromatic rings. The van der Waals surface area contributed by atoms with E-state index in [2.05, 4.69) is 0 Å². The lowest BCUT2D eigenvalue weighted by molar-refractivity contribution is 0.170. The molecule has 3 heteroatoms. The zero-order valence-electron chi connectivity index (χ0n) is 10.1. The fourth-order valence-corrected chi connectivity index (χ4v) is 1.94. The molecular formula is C14H18O3. The maximum Gasteiger partial charge on any atom is 0.119 e. The number of aliphatic hydroxyl groups is 1. The summed E-state index contributed by atoms with van der Waals surface area (Å²) < 4.78 is 10.7. The quantitative estimate of drug-likeness (QED) is 0.870. The van der Waals surface area contributed by atoms with Gasteiger partial charge < -0.3 is 14.6 Å². The van der Waals surface area contributed by atoms with Crippen LogP contribution in [0.1, 0.15) is 31.4 Å². The molecule has 3 nitrogen and oxygen atoms in total. The highest BCUT2D eigenvalue weighted by atomic mass is 16.5. The highest BCUT2D eigenvalue weighted by molar-refractivity contribution is 5.33. The van der Waals surface area contributed by atoms with Gasteiger partial charge in [-0.25, -0.2) is 0 Å². The maximum absolute atomic E-state index is 10.2. The SMILES string of the molecule is CCOc1cccc(C(O)C2=COCCC2)c1. The Kier molecular flexibility index (Phi) is 4.04. The van der Waals surface area contributed by atoms with E-state index < -0.39 is 6.10 Å². The summed E-state index contributed by atoms with van der Waals surface area (Å²) in [5.41, 5.74) is 1.79. The molecule has 92 valence electrons. The van der Waals surface area contributed by atoms with E-state index in [1.165, 1.54) is 0 Å². The van der Waals surface area contributed by atoms with E-state index in [0.717, 1.165) is 36.3 Å². The molecule has 0 radical (unpaired) electrons. The Morgan fingerprint density at radius 3 is 3.06 bits per heavy atom. The normalized spacial score (nSPS) is 16.9. The molecule has 0 bridgehead atoms. The molecule has 1 aliphatic heterocycles. The minimum absolute atomic E-state index is 0.587. The number of hydrogen-bond acceptors (Lipinski definition) is 3. The highest BCUT2D eigenvalue weighted by Gasteiger charge is 2.16. The lowest BCUT2D eigenvalue weighted by Crippen LogP contribution is -2.08. The maximum atomic E-state index is 10.2. The van der Waals surface area contributed by atoms with Crippen molar-refractivity contribution in [2.24, 2.45) is 0 Å². The number of hydrogen-bond donors (Lipinski definition) is 1. The van der Waals surface area contributed by atoms with Crippen molar-refractivity contribution in [1.29, 1.82) is 0 Å². The topological polar surface area (TPSA) is 38.7 Å². The van der Waals surface area contributed by atoms with Gasteiger partial charge in [-0.3, -0.25) is 0 Å². The first-order chi connectivity index (χ1) is 8.31. The van der Waals surface area contributed by atoms with E-state index in [0.29, 0.717) is 6.61 Å². The van der Waals surface area contributed by atoms with E-state index in [1.54, 1.807) is 6.26 Å². The molecule has 1 aliphatic rings. The van der Waals surface area contributed by atoms with E-state index >= 15 is 0 Å². The second kappa shape index (κ2) is 5.73. The summed E-state index contributed by atoms with van der Waals surface area (Å²) in [6.45, 7) is 3.32. The van der Waals surface area contributed by atoms with Gasteiger partial charge in [0.15, 0.2) is 0 Å². The zero-order chi connectivity index (χ0) is 12.1. The summed E-state index contributed by atoms with van der Waals surface area (Å²) in [5.74, 6) is 0.793. The highest BCUT2D eigenvalue weighted by Crippen LogP contribution is 2.29. The molecule has 0 saturated heterocycles. The van der Waals surface area contributed by atoms with Crippen LogP contribution >= 0.6 is 0 Å². The van der Waals surface area contributed by atoms with Gasteiger partial charge in [-0.05, 0) is 43.0 Å². The smallest absolute Gasteiger partial charge is 0.119 e. The third-order valence-electron chi connectivity index (χ3n) is 2.80. The van der Waals surface area contributed by atoms with Crippen LogP contribution in [0.25, 0.3) is 0 Å².